The van der Waals surface area contributed by atoms with Crippen molar-refractivity contribution in [3.05, 3.63) is 28.8 Å². The van der Waals surface area contributed by atoms with Gasteiger partial charge in [-0.05, 0) is 55.7 Å². The van der Waals surface area contributed by atoms with Crippen molar-refractivity contribution in [3.8, 4) is 0 Å². The van der Waals surface area contributed by atoms with E-state index >= 15 is 0 Å². The van der Waals surface area contributed by atoms with Gasteiger partial charge in [0.1, 0.15) is 0 Å². The van der Waals surface area contributed by atoms with Gasteiger partial charge in [-0.1, -0.05) is 6.07 Å². The van der Waals surface area contributed by atoms with Crippen LogP contribution >= 0.6 is 0 Å². The lowest BCUT2D eigenvalue weighted by Crippen LogP contribution is -2.10. The number of rotatable bonds is 4. The van der Waals surface area contributed by atoms with E-state index in [9.17, 15) is 14.1 Å². The van der Waals surface area contributed by atoms with E-state index in [4.69, 9.17) is 0 Å². The Kier molecular flexibility index (Phi) is 2.77. The molecular formula is C14H16O3S. The van der Waals surface area contributed by atoms with E-state index in [2.05, 4.69) is 0 Å². The average Bonchev–Trinajstić information content (AvgIpc) is 3.16. The first-order chi connectivity index (χ1) is 8.59. The first kappa shape index (κ1) is 11.9. The van der Waals surface area contributed by atoms with Gasteiger partial charge in [0.2, 0.25) is 0 Å². The monoisotopic (exact) mass is 264 g/mol. The number of hydrogen-bond donors (Lipinski definition) is 1. The van der Waals surface area contributed by atoms with Crippen LogP contribution in [0.25, 0.3) is 0 Å². The lowest BCUT2D eigenvalue weighted by atomic mass is 10.0. The van der Waals surface area contributed by atoms with Crippen LogP contribution in [0.5, 0.6) is 0 Å². The normalized spacial score (nSPS) is 20.7. The van der Waals surface area contributed by atoms with Crippen molar-refractivity contribution < 1.29 is 14.1 Å². The summed E-state index contributed by atoms with van der Waals surface area (Å²) in [5, 5.41) is 9.55. The summed E-state index contributed by atoms with van der Waals surface area (Å²) < 4.78 is 12.5. The minimum atomic E-state index is -1.02. The fourth-order valence-corrected chi connectivity index (χ4v) is 4.16. The molecule has 18 heavy (non-hydrogen) atoms. The van der Waals surface area contributed by atoms with Gasteiger partial charge in [0.15, 0.2) is 0 Å². The van der Waals surface area contributed by atoms with Gasteiger partial charge in [-0.25, -0.2) is 4.79 Å². The molecule has 1 atom stereocenters. The molecule has 0 aliphatic heterocycles. The molecule has 0 unspecified atom stereocenters. The predicted molar refractivity (Wildman–Crippen MR) is 69.5 cm³/mol. The van der Waals surface area contributed by atoms with Crippen molar-refractivity contribution >= 4 is 16.8 Å². The Morgan fingerprint density at radius 1 is 1.28 bits per heavy atom. The Bertz CT molecular complexity index is 542. The third kappa shape index (κ3) is 1.99. The maximum Gasteiger partial charge on any atom is 0.336 e. The Labute approximate surface area is 109 Å². The van der Waals surface area contributed by atoms with E-state index in [1.165, 1.54) is 0 Å². The number of hydrogen-bond acceptors (Lipinski definition) is 2. The zero-order valence-corrected chi connectivity index (χ0v) is 11.1. The molecule has 0 spiro atoms. The minimum absolute atomic E-state index is 0.255. The van der Waals surface area contributed by atoms with Gasteiger partial charge in [-0.15, -0.1) is 0 Å². The number of carbonyl (C=O) groups is 1. The Balaban J connectivity index is 2.17. The zero-order chi connectivity index (χ0) is 12.9. The minimum Gasteiger partial charge on any atom is -0.478 e. The van der Waals surface area contributed by atoms with Crippen molar-refractivity contribution in [2.75, 3.05) is 0 Å². The van der Waals surface area contributed by atoms with Crippen LogP contribution in [0.3, 0.4) is 0 Å². The molecular weight excluding hydrogens is 248 g/mol. The third-order valence-electron chi connectivity index (χ3n) is 3.64. The highest BCUT2D eigenvalue weighted by Gasteiger charge is 2.37. The lowest BCUT2D eigenvalue weighted by Gasteiger charge is -2.14. The molecule has 0 aromatic heterocycles. The molecule has 0 saturated heterocycles. The fourth-order valence-electron chi connectivity index (χ4n) is 2.39. The molecule has 2 aliphatic carbocycles. The van der Waals surface area contributed by atoms with Crippen LogP contribution in [0.2, 0.25) is 0 Å². The van der Waals surface area contributed by atoms with E-state index in [1.807, 2.05) is 6.92 Å². The number of benzene rings is 1. The fraction of sp³-hybridized carbons (Fsp3) is 0.500. The molecule has 0 heterocycles. The first-order valence-corrected chi connectivity index (χ1v) is 7.58. The second-order valence-corrected chi connectivity index (χ2v) is 6.92. The van der Waals surface area contributed by atoms with Gasteiger partial charge < -0.3 is 5.11 Å². The van der Waals surface area contributed by atoms with Crippen LogP contribution in [0, 0.1) is 6.92 Å². The summed E-state index contributed by atoms with van der Waals surface area (Å²) in [5.74, 6) is -0.584. The molecule has 1 aromatic carbocycles. The van der Waals surface area contributed by atoms with Crippen molar-refractivity contribution in [2.24, 2.45) is 0 Å². The molecule has 0 radical (unpaired) electrons. The molecule has 2 aliphatic rings. The number of aryl methyl sites for hydroxylation is 1. The van der Waals surface area contributed by atoms with Crippen molar-refractivity contribution in [3.63, 3.8) is 0 Å². The summed E-state index contributed by atoms with van der Waals surface area (Å²) in [6, 6.07) is 3.46. The van der Waals surface area contributed by atoms with Crippen molar-refractivity contribution in [1.29, 1.82) is 0 Å². The van der Waals surface area contributed by atoms with Crippen LogP contribution in [0.15, 0.2) is 17.0 Å². The average molecular weight is 264 g/mol. The topological polar surface area (TPSA) is 54.4 Å². The highest BCUT2D eigenvalue weighted by molar-refractivity contribution is 7.86. The van der Waals surface area contributed by atoms with Crippen LogP contribution in [-0.2, 0) is 10.8 Å². The van der Waals surface area contributed by atoms with E-state index in [1.54, 1.807) is 12.1 Å². The van der Waals surface area contributed by atoms with Crippen LogP contribution in [-0.4, -0.2) is 20.5 Å². The first-order valence-electron chi connectivity index (χ1n) is 6.37. The summed E-state index contributed by atoms with van der Waals surface area (Å²) in [6.45, 7) is 1.94. The van der Waals surface area contributed by atoms with E-state index in [0.29, 0.717) is 11.5 Å². The summed E-state index contributed by atoms with van der Waals surface area (Å²) in [4.78, 5) is 12.1. The smallest absolute Gasteiger partial charge is 0.336 e. The largest absolute Gasteiger partial charge is 0.478 e. The standard InChI is InChI=1S/C14H16O3S/c1-8-2-7-11(14(15)16)12(9-3-4-9)13(8)18(17)10-5-6-10/h2,7,9-10H,3-6H2,1H3,(H,15,16)/t18-/m0/s1. The SMILES string of the molecule is Cc1ccc(C(=O)O)c(C2CC2)c1[S@@](=O)C1CC1. The molecule has 0 amide bonds. The number of carboxylic acids is 1. The molecule has 96 valence electrons. The number of aromatic carboxylic acids is 1. The van der Waals surface area contributed by atoms with Gasteiger partial charge in [0.05, 0.1) is 16.4 Å². The van der Waals surface area contributed by atoms with Gasteiger partial charge in [-0.3, -0.25) is 4.21 Å². The Morgan fingerprint density at radius 2 is 1.94 bits per heavy atom. The summed E-state index contributed by atoms with van der Waals surface area (Å²) in [7, 11) is -1.02. The molecule has 3 rings (SSSR count). The third-order valence-corrected chi connectivity index (χ3v) is 5.66. The van der Waals surface area contributed by atoms with Crippen LogP contribution in [0.4, 0.5) is 0 Å². The van der Waals surface area contributed by atoms with E-state index in [0.717, 1.165) is 41.7 Å². The van der Waals surface area contributed by atoms with Crippen molar-refractivity contribution in [1.82, 2.24) is 0 Å². The molecule has 1 N–H and O–H groups in total. The van der Waals surface area contributed by atoms with E-state index in [-0.39, 0.29) is 5.25 Å². The van der Waals surface area contributed by atoms with Crippen LogP contribution < -0.4 is 0 Å². The second-order valence-electron chi connectivity index (χ2n) is 5.25. The van der Waals surface area contributed by atoms with Gasteiger partial charge in [0, 0.05) is 10.1 Å². The Hall–Kier alpha value is -1.16. The molecule has 2 saturated carbocycles. The summed E-state index contributed by atoms with van der Waals surface area (Å²) in [6.07, 6.45) is 4.07. The van der Waals surface area contributed by atoms with Crippen molar-refractivity contribution in [2.45, 2.75) is 48.7 Å². The molecule has 0 bridgehead atoms. The zero-order valence-electron chi connectivity index (χ0n) is 10.3. The highest BCUT2D eigenvalue weighted by Crippen LogP contribution is 2.46. The van der Waals surface area contributed by atoms with E-state index < -0.39 is 16.8 Å². The van der Waals surface area contributed by atoms with Gasteiger partial charge in [-0.2, -0.15) is 0 Å². The molecule has 2 fully saturated rings. The highest BCUT2D eigenvalue weighted by atomic mass is 32.2. The maximum absolute atomic E-state index is 12.5. The molecule has 1 aromatic rings. The van der Waals surface area contributed by atoms with Crippen LogP contribution in [0.1, 0.15) is 53.1 Å². The Morgan fingerprint density at radius 3 is 2.44 bits per heavy atom. The quantitative estimate of drug-likeness (QED) is 0.909. The van der Waals surface area contributed by atoms with Gasteiger partial charge >= 0.3 is 5.97 Å². The number of carboxylic acid groups (broad SMARTS) is 1. The molecule has 4 heteroatoms. The second kappa shape index (κ2) is 4.19. The van der Waals surface area contributed by atoms with Gasteiger partial charge in [0.25, 0.3) is 0 Å². The maximum atomic E-state index is 12.5. The summed E-state index contributed by atoms with van der Waals surface area (Å²) >= 11 is 0. The predicted octanol–water partition coefficient (Wildman–Crippen LogP) is 2.84. The lowest BCUT2D eigenvalue weighted by molar-refractivity contribution is 0.0695. The summed E-state index contributed by atoms with van der Waals surface area (Å²) in [5.41, 5.74) is 2.19. The molecule has 3 nitrogen and oxygen atoms in total.